The van der Waals surface area contributed by atoms with Crippen molar-refractivity contribution in [1.29, 1.82) is 0 Å². The molecule has 164 valence electrons. The SMILES string of the molecule is COc1ccc(NC(=O)CSc2ncnc3c2nnn3Cc2ccccc2F)cc1OC. The number of ether oxygens (including phenoxy) is 2. The second-order valence-corrected chi connectivity index (χ2v) is 7.56. The molecule has 0 saturated carbocycles. The molecule has 0 unspecified atom stereocenters. The highest BCUT2D eigenvalue weighted by molar-refractivity contribution is 8.00. The fraction of sp³-hybridized carbons (Fsp3) is 0.190. The second kappa shape index (κ2) is 9.60. The Morgan fingerprint density at radius 3 is 2.72 bits per heavy atom. The van der Waals surface area contributed by atoms with Gasteiger partial charge in [0.2, 0.25) is 5.91 Å². The van der Waals surface area contributed by atoms with E-state index in [9.17, 15) is 9.18 Å². The standard InChI is InChI=1S/C21H19FN6O3S/c1-30-16-8-7-14(9-17(16)31-2)25-18(29)11-32-21-19-20(23-12-24-21)28(27-26-19)10-13-5-3-4-6-15(13)22/h3-9,12H,10-11H2,1-2H3,(H,25,29). The Morgan fingerprint density at radius 1 is 1.12 bits per heavy atom. The highest BCUT2D eigenvalue weighted by atomic mass is 32.2. The minimum absolute atomic E-state index is 0.0978. The monoisotopic (exact) mass is 454 g/mol. The summed E-state index contributed by atoms with van der Waals surface area (Å²) in [5.41, 5.74) is 1.97. The lowest BCUT2D eigenvalue weighted by molar-refractivity contribution is -0.113. The number of amides is 1. The number of carbonyl (C=O) groups is 1. The van der Waals surface area contributed by atoms with Crippen molar-refractivity contribution in [2.24, 2.45) is 0 Å². The van der Waals surface area contributed by atoms with Crippen LogP contribution in [0.25, 0.3) is 11.2 Å². The summed E-state index contributed by atoms with van der Waals surface area (Å²) >= 11 is 1.21. The van der Waals surface area contributed by atoms with Gasteiger partial charge in [0.15, 0.2) is 22.7 Å². The van der Waals surface area contributed by atoms with Crippen LogP contribution in [0, 0.1) is 5.82 Å². The molecule has 4 rings (SSSR count). The Morgan fingerprint density at radius 2 is 1.94 bits per heavy atom. The molecule has 0 aliphatic carbocycles. The van der Waals surface area contributed by atoms with Crippen LogP contribution in [0.5, 0.6) is 11.5 Å². The van der Waals surface area contributed by atoms with E-state index in [0.29, 0.717) is 38.9 Å². The van der Waals surface area contributed by atoms with Crippen molar-refractivity contribution in [3.8, 4) is 11.5 Å². The minimum atomic E-state index is -0.327. The summed E-state index contributed by atoms with van der Waals surface area (Å²) in [5.74, 6) is 0.628. The van der Waals surface area contributed by atoms with Crippen molar-refractivity contribution in [3.05, 3.63) is 60.2 Å². The van der Waals surface area contributed by atoms with Crippen LogP contribution in [-0.2, 0) is 11.3 Å². The van der Waals surface area contributed by atoms with Crippen LogP contribution in [0.4, 0.5) is 10.1 Å². The number of hydrogen-bond acceptors (Lipinski definition) is 8. The van der Waals surface area contributed by atoms with Crippen LogP contribution in [-0.4, -0.2) is 50.8 Å². The van der Waals surface area contributed by atoms with Crippen molar-refractivity contribution >= 4 is 34.5 Å². The minimum Gasteiger partial charge on any atom is -0.493 e. The molecule has 9 nitrogen and oxygen atoms in total. The number of aromatic nitrogens is 5. The number of nitrogens with one attached hydrogen (secondary N) is 1. The third-order valence-electron chi connectivity index (χ3n) is 4.55. The number of rotatable bonds is 8. The first-order chi connectivity index (χ1) is 15.6. The van der Waals surface area contributed by atoms with E-state index in [0.717, 1.165) is 0 Å². The molecule has 11 heteroatoms. The van der Waals surface area contributed by atoms with Gasteiger partial charge in [-0.15, -0.1) is 5.10 Å². The van der Waals surface area contributed by atoms with E-state index in [1.54, 1.807) is 43.5 Å². The van der Waals surface area contributed by atoms with Crippen molar-refractivity contribution < 1.29 is 18.7 Å². The van der Waals surface area contributed by atoms with Crippen LogP contribution < -0.4 is 14.8 Å². The molecule has 2 heterocycles. The lowest BCUT2D eigenvalue weighted by atomic mass is 10.2. The Kier molecular flexibility index (Phi) is 6.45. The number of nitrogens with zero attached hydrogens (tertiary/aromatic N) is 5. The largest absolute Gasteiger partial charge is 0.493 e. The predicted molar refractivity (Wildman–Crippen MR) is 118 cm³/mol. The zero-order valence-corrected chi connectivity index (χ0v) is 18.1. The Hall–Kier alpha value is -3.73. The van der Waals surface area contributed by atoms with Gasteiger partial charge in [0, 0.05) is 17.3 Å². The lowest BCUT2D eigenvalue weighted by Gasteiger charge is -2.10. The van der Waals surface area contributed by atoms with Crippen molar-refractivity contribution in [2.45, 2.75) is 11.6 Å². The van der Waals surface area contributed by atoms with Gasteiger partial charge in [0.25, 0.3) is 0 Å². The van der Waals surface area contributed by atoms with Gasteiger partial charge in [0.05, 0.1) is 26.5 Å². The molecule has 0 atom stereocenters. The van der Waals surface area contributed by atoms with Crippen LogP contribution in [0.1, 0.15) is 5.56 Å². The van der Waals surface area contributed by atoms with Crippen LogP contribution in [0.2, 0.25) is 0 Å². The third kappa shape index (κ3) is 4.62. The first-order valence-electron chi connectivity index (χ1n) is 9.51. The molecule has 1 amide bonds. The van der Waals surface area contributed by atoms with Gasteiger partial charge in [0.1, 0.15) is 17.2 Å². The highest BCUT2D eigenvalue weighted by Gasteiger charge is 2.15. The smallest absolute Gasteiger partial charge is 0.234 e. The Bertz CT molecular complexity index is 1270. The number of carbonyl (C=O) groups excluding carboxylic acids is 1. The molecule has 2 aromatic heterocycles. The lowest BCUT2D eigenvalue weighted by Crippen LogP contribution is -2.14. The van der Waals surface area contributed by atoms with Crippen LogP contribution >= 0.6 is 11.8 Å². The molecule has 0 aliphatic rings. The number of benzene rings is 2. The highest BCUT2D eigenvalue weighted by Crippen LogP contribution is 2.30. The molecular weight excluding hydrogens is 435 g/mol. The molecule has 32 heavy (non-hydrogen) atoms. The Labute approximate surface area is 187 Å². The molecule has 1 N–H and O–H groups in total. The fourth-order valence-electron chi connectivity index (χ4n) is 3.02. The predicted octanol–water partition coefficient (Wildman–Crippen LogP) is 3.16. The van der Waals surface area contributed by atoms with Gasteiger partial charge in [-0.05, 0) is 18.2 Å². The van der Waals surface area contributed by atoms with Crippen LogP contribution in [0.15, 0.2) is 53.8 Å². The van der Waals surface area contributed by atoms with Crippen LogP contribution in [0.3, 0.4) is 0 Å². The number of thioether (sulfide) groups is 1. The van der Waals surface area contributed by atoms with Crippen molar-refractivity contribution in [2.75, 3.05) is 25.3 Å². The van der Waals surface area contributed by atoms with Crippen molar-refractivity contribution in [3.63, 3.8) is 0 Å². The summed E-state index contributed by atoms with van der Waals surface area (Å²) in [5, 5.41) is 11.5. The summed E-state index contributed by atoms with van der Waals surface area (Å²) in [7, 11) is 3.07. The summed E-state index contributed by atoms with van der Waals surface area (Å²) in [6, 6.07) is 11.6. The topological polar surface area (TPSA) is 104 Å². The molecule has 0 radical (unpaired) electrons. The average Bonchev–Trinajstić information content (AvgIpc) is 3.22. The molecule has 0 bridgehead atoms. The van der Waals surface area contributed by atoms with E-state index in [-0.39, 0.29) is 24.0 Å². The zero-order valence-electron chi connectivity index (χ0n) is 17.3. The first-order valence-corrected chi connectivity index (χ1v) is 10.5. The number of hydrogen-bond donors (Lipinski definition) is 1. The number of halogens is 1. The number of anilines is 1. The summed E-state index contributed by atoms with van der Waals surface area (Å²) in [6.45, 7) is 0.185. The fourth-order valence-corrected chi connectivity index (χ4v) is 3.75. The summed E-state index contributed by atoms with van der Waals surface area (Å²) in [6.07, 6.45) is 1.37. The zero-order chi connectivity index (χ0) is 22.5. The van der Waals surface area contributed by atoms with E-state index in [2.05, 4.69) is 25.6 Å². The van der Waals surface area contributed by atoms with E-state index in [4.69, 9.17) is 9.47 Å². The Balaban J connectivity index is 1.45. The molecule has 0 fully saturated rings. The second-order valence-electron chi connectivity index (χ2n) is 6.60. The van der Waals surface area contributed by atoms with E-state index >= 15 is 0 Å². The van der Waals surface area contributed by atoms with Gasteiger partial charge >= 0.3 is 0 Å². The first kappa shape index (κ1) is 21.5. The normalized spacial score (nSPS) is 10.8. The van der Waals surface area contributed by atoms with Gasteiger partial charge in [-0.1, -0.05) is 35.2 Å². The number of methoxy groups -OCH3 is 2. The van der Waals surface area contributed by atoms with E-state index < -0.39 is 0 Å². The van der Waals surface area contributed by atoms with Gasteiger partial charge in [-0.25, -0.2) is 19.0 Å². The maximum Gasteiger partial charge on any atom is 0.234 e. The molecule has 4 aromatic rings. The molecule has 0 spiro atoms. The van der Waals surface area contributed by atoms with Gasteiger partial charge in [-0.3, -0.25) is 4.79 Å². The van der Waals surface area contributed by atoms with Crippen molar-refractivity contribution in [1.82, 2.24) is 25.0 Å². The quantitative estimate of drug-likeness (QED) is 0.320. The maximum atomic E-state index is 14.0. The van der Waals surface area contributed by atoms with Gasteiger partial charge in [-0.2, -0.15) is 0 Å². The molecule has 2 aromatic carbocycles. The van der Waals surface area contributed by atoms with Gasteiger partial charge < -0.3 is 14.8 Å². The molecular formula is C21H19FN6O3S. The van der Waals surface area contributed by atoms with E-state index in [1.165, 1.54) is 35.9 Å². The number of fused-ring (bicyclic) bond motifs is 1. The summed E-state index contributed by atoms with van der Waals surface area (Å²) in [4.78, 5) is 20.9. The third-order valence-corrected chi connectivity index (χ3v) is 5.53. The molecule has 0 aliphatic heterocycles. The maximum absolute atomic E-state index is 14.0. The molecule has 0 saturated heterocycles. The van der Waals surface area contributed by atoms with E-state index in [1.807, 2.05) is 0 Å². The summed E-state index contributed by atoms with van der Waals surface area (Å²) < 4.78 is 25.9. The average molecular weight is 454 g/mol.